The number of hydrogen-bond donors (Lipinski definition) is 1. The summed E-state index contributed by atoms with van der Waals surface area (Å²) in [6.07, 6.45) is 0.778. The molecule has 6 heteroatoms. The second kappa shape index (κ2) is 8.88. The van der Waals surface area contributed by atoms with E-state index in [-0.39, 0.29) is 18.9 Å². The monoisotopic (exact) mass is 379 g/mol. The van der Waals surface area contributed by atoms with Crippen LogP contribution in [0.15, 0.2) is 36.4 Å². The van der Waals surface area contributed by atoms with Crippen molar-refractivity contribution in [1.29, 1.82) is 0 Å². The smallest absolute Gasteiger partial charge is 0.310 e. The third kappa shape index (κ3) is 5.48. The Morgan fingerprint density at radius 2 is 1.88 bits per heavy atom. The Bertz CT molecular complexity index is 790. The lowest BCUT2D eigenvalue weighted by Crippen LogP contribution is -2.22. The van der Waals surface area contributed by atoms with Crippen LogP contribution in [0.2, 0.25) is 10.0 Å². The summed E-state index contributed by atoms with van der Waals surface area (Å²) < 4.78 is 5.04. The molecular formula is C19H19Cl2NO3. The summed E-state index contributed by atoms with van der Waals surface area (Å²) in [4.78, 5) is 24.0. The van der Waals surface area contributed by atoms with Crippen LogP contribution in [0.5, 0.6) is 0 Å². The minimum Gasteiger partial charge on any atom is -0.455 e. The molecule has 0 aromatic heterocycles. The molecule has 1 amide bonds. The molecule has 0 atom stereocenters. The van der Waals surface area contributed by atoms with Crippen LogP contribution < -0.4 is 5.32 Å². The lowest BCUT2D eigenvalue weighted by molar-refractivity contribution is -0.146. The number of rotatable bonds is 6. The number of nitrogens with one attached hydrogen (secondary N) is 1. The van der Waals surface area contributed by atoms with Crippen molar-refractivity contribution in [3.63, 3.8) is 0 Å². The van der Waals surface area contributed by atoms with Crippen molar-refractivity contribution in [1.82, 2.24) is 0 Å². The number of anilines is 1. The molecule has 0 bridgehead atoms. The Balaban J connectivity index is 1.91. The van der Waals surface area contributed by atoms with E-state index in [0.717, 1.165) is 23.2 Å². The van der Waals surface area contributed by atoms with E-state index in [0.29, 0.717) is 15.6 Å². The normalized spacial score (nSPS) is 10.4. The third-order valence-electron chi connectivity index (χ3n) is 3.72. The second-order valence-corrected chi connectivity index (χ2v) is 6.43. The van der Waals surface area contributed by atoms with Crippen LogP contribution >= 0.6 is 23.2 Å². The first-order chi connectivity index (χ1) is 11.9. The first kappa shape index (κ1) is 19.3. The third-order valence-corrected chi connectivity index (χ3v) is 4.31. The average molecular weight is 380 g/mol. The fourth-order valence-corrected chi connectivity index (χ4v) is 2.87. The first-order valence-electron chi connectivity index (χ1n) is 7.88. The van der Waals surface area contributed by atoms with Gasteiger partial charge in [-0.25, -0.2) is 0 Å². The highest BCUT2D eigenvalue weighted by atomic mass is 35.5. The molecule has 0 radical (unpaired) electrons. The van der Waals surface area contributed by atoms with Gasteiger partial charge in [0.1, 0.15) is 0 Å². The SMILES string of the molecule is CCc1cccc(C)c1NC(=O)COC(=O)Cc1ccc(Cl)cc1Cl. The first-order valence-corrected chi connectivity index (χ1v) is 8.64. The van der Waals surface area contributed by atoms with Crippen molar-refractivity contribution in [3.8, 4) is 0 Å². The average Bonchev–Trinajstić information content (AvgIpc) is 2.57. The summed E-state index contributed by atoms with van der Waals surface area (Å²) in [5, 5.41) is 3.69. The molecule has 132 valence electrons. The van der Waals surface area contributed by atoms with Crippen molar-refractivity contribution < 1.29 is 14.3 Å². The van der Waals surface area contributed by atoms with Gasteiger partial charge in [-0.15, -0.1) is 0 Å². The Kier molecular flexibility index (Phi) is 6.85. The van der Waals surface area contributed by atoms with Gasteiger partial charge in [0.25, 0.3) is 5.91 Å². The molecule has 0 aliphatic carbocycles. The number of amides is 1. The zero-order valence-electron chi connectivity index (χ0n) is 14.1. The lowest BCUT2D eigenvalue weighted by Gasteiger charge is -2.13. The van der Waals surface area contributed by atoms with E-state index in [1.807, 2.05) is 32.0 Å². The Morgan fingerprint density at radius 1 is 1.12 bits per heavy atom. The molecule has 0 fully saturated rings. The lowest BCUT2D eigenvalue weighted by atomic mass is 10.1. The van der Waals surface area contributed by atoms with E-state index in [1.54, 1.807) is 18.2 Å². The van der Waals surface area contributed by atoms with Crippen molar-refractivity contribution in [2.75, 3.05) is 11.9 Å². The Hall–Kier alpha value is -2.04. The predicted molar refractivity (Wildman–Crippen MR) is 100 cm³/mol. The molecule has 0 unspecified atom stereocenters. The molecular weight excluding hydrogens is 361 g/mol. The maximum absolute atomic E-state index is 12.1. The van der Waals surface area contributed by atoms with Gasteiger partial charge >= 0.3 is 5.97 Å². The molecule has 2 rings (SSSR count). The molecule has 0 aliphatic rings. The van der Waals surface area contributed by atoms with E-state index >= 15 is 0 Å². The predicted octanol–water partition coefficient (Wildman–Crippen LogP) is 4.59. The van der Waals surface area contributed by atoms with Gasteiger partial charge in [-0.2, -0.15) is 0 Å². The quantitative estimate of drug-likeness (QED) is 0.746. The van der Waals surface area contributed by atoms with Crippen LogP contribution in [0, 0.1) is 6.92 Å². The number of hydrogen-bond acceptors (Lipinski definition) is 3. The van der Waals surface area contributed by atoms with Crippen molar-refractivity contribution in [2.45, 2.75) is 26.7 Å². The Labute approximate surface area is 157 Å². The van der Waals surface area contributed by atoms with Gasteiger partial charge in [-0.05, 0) is 42.2 Å². The van der Waals surface area contributed by atoms with Gasteiger partial charge in [0.2, 0.25) is 0 Å². The highest BCUT2D eigenvalue weighted by Crippen LogP contribution is 2.22. The highest BCUT2D eigenvalue weighted by molar-refractivity contribution is 6.35. The molecule has 0 saturated carbocycles. The molecule has 25 heavy (non-hydrogen) atoms. The largest absolute Gasteiger partial charge is 0.455 e. The molecule has 0 saturated heterocycles. The number of ether oxygens (including phenoxy) is 1. The van der Waals surface area contributed by atoms with Crippen LogP contribution in [0.4, 0.5) is 5.69 Å². The minimum atomic E-state index is -0.528. The summed E-state index contributed by atoms with van der Waals surface area (Å²) in [7, 11) is 0. The van der Waals surface area contributed by atoms with Crippen molar-refractivity contribution in [3.05, 3.63) is 63.1 Å². The summed E-state index contributed by atoms with van der Waals surface area (Å²) in [6, 6.07) is 10.7. The maximum atomic E-state index is 12.1. The van der Waals surface area contributed by atoms with E-state index in [1.165, 1.54) is 0 Å². The van der Waals surface area contributed by atoms with Gasteiger partial charge in [0.15, 0.2) is 6.61 Å². The fraction of sp³-hybridized carbons (Fsp3) is 0.263. The van der Waals surface area contributed by atoms with Gasteiger partial charge < -0.3 is 10.1 Å². The number of carbonyl (C=O) groups excluding carboxylic acids is 2. The molecule has 1 N–H and O–H groups in total. The number of esters is 1. The van der Waals surface area contributed by atoms with Crippen LogP contribution in [-0.4, -0.2) is 18.5 Å². The maximum Gasteiger partial charge on any atom is 0.310 e. The van der Waals surface area contributed by atoms with E-state index in [2.05, 4.69) is 5.32 Å². The molecule has 0 aliphatic heterocycles. The fourth-order valence-electron chi connectivity index (χ4n) is 2.40. The molecule has 2 aromatic carbocycles. The van der Waals surface area contributed by atoms with E-state index in [4.69, 9.17) is 27.9 Å². The number of para-hydroxylation sites is 1. The summed E-state index contributed by atoms with van der Waals surface area (Å²) >= 11 is 11.8. The van der Waals surface area contributed by atoms with Gasteiger partial charge in [0.05, 0.1) is 6.42 Å². The molecule has 2 aromatic rings. The standard InChI is InChI=1S/C19H19Cl2NO3/c1-3-13-6-4-5-12(2)19(13)22-17(23)11-25-18(24)9-14-7-8-15(20)10-16(14)21/h4-8,10H,3,9,11H2,1-2H3,(H,22,23). The van der Waals surface area contributed by atoms with Gasteiger partial charge in [0, 0.05) is 15.7 Å². The van der Waals surface area contributed by atoms with Crippen molar-refractivity contribution >= 4 is 40.8 Å². The number of benzene rings is 2. The molecule has 4 nitrogen and oxygen atoms in total. The molecule has 0 heterocycles. The van der Waals surface area contributed by atoms with Crippen LogP contribution in [0.1, 0.15) is 23.6 Å². The summed E-state index contributed by atoms with van der Waals surface area (Å²) in [5.41, 5.74) is 3.37. The van der Waals surface area contributed by atoms with Gasteiger partial charge in [-0.3, -0.25) is 9.59 Å². The van der Waals surface area contributed by atoms with E-state index in [9.17, 15) is 9.59 Å². The zero-order valence-corrected chi connectivity index (χ0v) is 15.6. The Morgan fingerprint density at radius 3 is 2.56 bits per heavy atom. The van der Waals surface area contributed by atoms with Crippen LogP contribution in [0.25, 0.3) is 0 Å². The summed E-state index contributed by atoms with van der Waals surface area (Å²) in [5.74, 6) is -0.903. The number of carbonyl (C=O) groups is 2. The van der Waals surface area contributed by atoms with Crippen molar-refractivity contribution in [2.24, 2.45) is 0 Å². The number of aryl methyl sites for hydroxylation is 2. The highest BCUT2D eigenvalue weighted by Gasteiger charge is 2.13. The summed E-state index contributed by atoms with van der Waals surface area (Å²) in [6.45, 7) is 3.59. The zero-order chi connectivity index (χ0) is 18.4. The minimum absolute atomic E-state index is 0.0200. The topological polar surface area (TPSA) is 55.4 Å². The van der Waals surface area contributed by atoms with E-state index < -0.39 is 5.97 Å². The van der Waals surface area contributed by atoms with Crippen LogP contribution in [0.3, 0.4) is 0 Å². The second-order valence-electron chi connectivity index (χ2n) is 5.58. The number of halogens is 2. The molecule has 0 spiro atoms. The van der Waals surface area contributed by atoms with Gasteiger partial charge in [-0.1, -0.05) is 54.4 Å². The van der Waals surface area contributed by atoms with Crippen LogP contribution in [-0.2, 0) is 27.2 Å².